The van der Waals surface area contributed by atoms with E-state index in [1.807, 2.05) is 62.4 Å². The Morgan fingerprint density at radius 1 is 1.11 bits per heavy atom. The van der Waals surface area contributed by atoms with Crippen LogP contribution < -0.4 is 21.3 Å². The van der Waals surface area contributed by atoms with E-state index in [1.165, 1.54) is 0 Å². The van der Waals surface area contributed by atoms with Crippen LogP contribution in [0.2, 0.25) is 0 Å². The van der Waals surface area contributed by atoms with Gasteiger partial charge in [-0.3, -0.25) is 0 Å². The van der Waals surface area contributed by atoms with Gasteiger partial charge in [-0.2, -0.15) is 5.26 Å². The summed E-state index contributed by atoms with van der Waals surface area (Å²) >= 11 is 0. The lowest BCUT2D eigenvalue weighted by Crippen LogP contribution is -2.35. The molecule has 0 radical (unpaired) electrons. The van der Waals surface area contributed by atoms with Gasteiger partial charge in [-0.25, -0.2) is 4.39 Å². The smallest absolute Gasteiger partial charge is 0.126 e. The van der Waals surface area contributed by atoms with E-state index in [-0.39, 0.29) is 5.82 Å². The summed E-state index contributed by atoms with van der Waals surface area (Å²) in [6, 6.07) is 23.5. The predicted molar refractivity (Wildman–Crippen MR) is 154 cm³/mol. The van der Waals surface area contributed by atoms with E-state index >= 15 is 0 Å². The van der Waals surface area contributed by atoms with Crippen molar-refractivity contribution in [3.05, 3.63) is 118 Å². The second-order valence-electron chi connectivity index (χ2n) is 10.1. The van der Waals surface area contributed by atoms with Gasteiger partial charge in [0.1, 0.15) is 5.82 Å². The summed E-state index contributed by atoms with van der Waals surface area (Å²) in [4.78, 5) is 2.32. The molecule has 196 valence electrons. The molecule has 1 saturated heterocycles. The highest BCUT2D eigenvalue weighted by Gasteiger charge is 2.23. The van der Waals surface area contributed by atoms with Gasteiger partial charge in [0, 0.05) is 25.3 Å². The van der Waals surface area contributed by atoms with Crippen molar-refractivity contribution < 1.29 is 4.39 Å². The molecule has 0 atom stereocenters. The summed E-state index contributed by atoms with van der Waals surface area (Å²) in [6.07, 6.45) is 2.70. The maximum Gasteiger partial charge on any atom is 0.126 e. The number of nitrogens with two attached hydrogens (primary N) is 1. The van der Waals surface area contributed by atoms with Gasteiger partial charge in [0.15, 0.2) is 0 Å². The van der Waals surface area contributed by atoms with E-state index in [4.69, 9.17) is 5.73 Å². The molecule has 0 amide bonds. The fraction of sp³-hybridized carbons (Fsp3) is 0.281. The molecule has 0 aliphatic carbocycles. The molecule has 0 spiro atoms. The molecule has 1 aliphatic heterocycles. The van der Waals surface area contributed by atoms with E-state index in [0.29, 0.717) is 29.4 Å². The standard InChI is InChI=1S/C32H36FN5/c1-22-9-11-28(29(33)17-22)18-25-13-15-38(16-14-25)31-12-10-27(20-34)19-30(31)37-24(3)32(35)23(2)36-21-26-7-5-4-6-8-26/h4-12,17,19,25,36-37H,3,13-16,18,21,35H2,1-2H3/b32-23-. The maximum atomic E-state index is 14.4. The summed E-state index contributed by atoms with van der Waals surface area (Å²) < 4.78 is 14.4. The molecule has 38 heavy (non-hydrogen) atoms. The van der Waals surface area contributed by atoms with Gasteiger partial charge < -0.3 is 21.3 Å². The molecule has 0 unspecified atom stereocenters. The normalized spacial score (nSPS) is 14.4. The Morgan fingerprint density at radius 2 is 1.84 bits per heavy atom. The Balaban J connectivity index is 1.43. The number of hydrogen-bond acceptors (Lipinski definition) is 5. The molecule has 3 aromatic rings. The fourth-order valence-electron chi connectivity index (χ4n) is 4.87. The molecule has 6 heteroatoms. The summed E-state index contributed by atoms with van der Waals surface area (Å²) in [5.41, 5.74) is 13.6. The molecule has 1 fully saturated rings. The van der Waals surface area contributed by atoms with Crippen LogP contribution in [0.1, 0.15) is 42.0 Å². The highest BCUT2D eigenvalue weighted by atomic mass is 19.1. The number of anilines is 2. The number of rotatable bonds is 9. The number of aryl methyl sites for hydroxylation is 1. The first-order valence-corrected chi connectivity index (χ1v) is 13.1. The largest absolute Gasteiger partial charge is 0.396 e. The lowest BCUT2D eigenvalue weighted by Gasteiger charge is -2.35. The van der Waals surface area contributed by atoms with Gasteiger partial charge in [-0.05, 0) is 80.0 Å². The molecule has 4 N–H and O–H groups in total. The zero-order chi connectivity index (χ0) is 27.1. The molecule has 0 bridgehead atoms. The highest BCUT2D eigenvalue weighted by molar-refractivity contribution is 5.74. The number of halogens is 1. The van der Waals surface area contributed by atoms with Gasteiger partial charge in [-0.15, -0.1) is 0 Å². The first-order chi connectivity index (χ1) is 18.3. The third kappa shape index (κ3) is 6.74. The van der Waals surface area contributed by atoms with Crippen molar-refractivity contribution in [1.29, 1.82) is 5.26 Å². The molecule has 1 heterocycles. The topological polar surface area (TPSA) is 77.1 Å². The minimum Gasteiger partial charge on any atom is -0.396 e. The lowest BCUT2D eigenvalue weighted by molar-refractivity contribution is 0.398. The van der Waals surface area contributed by atoms with Crippen LogP contribution in [0.3, 0.4) is 0 Å². The van der Waals surface area contributed by atoms with E-state index in [1.54, 1.807) is 6.07 Å². The first kappa shape index (κ1) is 26.8. The van der Waals surface area contributed by atoms with Crippen LogP contribution in [0.15, 0.2) is 90.4 Å². The number of piperidine rings is 1. The summed E-state index contributed by atoms with van der Waals surface area (Å²) in [5.74, 6) is 0.328. The van der Waals surface area contributed by atoms with Crippen LogP contribution in [0.5, 0.6) is 0 Å². The number of allylic oxidation sites excluding steroid dienone is 1. The molecule has 5 nitrogen and oxygen atoms in total. The SMILES string of the molecule is C=C(Nc1cc(C#N)ccc1N1CCC(Cc2ccc(C)cc2F)CC1)/C(N)=C(\C)NCc1ccccc1. The Morgan fingerprint density at radius 3 is 2.53 bits per heavy atom. The van der Waals surface area contributed by atoms with E-state index in [0.717, 1.165) is 66.1 Å². The van der Waals surface area contributed by atoms with Gasteiger partial charge >= 0.3 is 0 Å². The number of nitrogens with one attached hydrogen (secondary N) is 2. The Bertz CT molecular complexity index is 1350. The minimum atomic E-state index is -0.108. The van der Waals surface area contributed by atoms with Crippen LogP contribution in [0, 0.1) is 30.0 Å². The quantitative estimate of drug-likeness (QED) is 0.292. The van der Waals surface area contributed by atoms with Gasteiger partial charge in [0.25, 0.3) is 0 Å². The third-order valence-electron chi connectivity index (χ3n) is 7.21. The van der Waals surface area contributed by atoms with Crippen molar-refractivity contribution in [3.8, 4) is 6.07 Å². The number of hydrogen-bond donors (Lipinski definition) is 3. The van der Waals surface area contributed by atoms with Gasteiger partial charge in [-0.1, -0.05) is 49.0 Å². The average Bonchev–Trinajstić information content (AvgIpc) is 2.93. The van der Waals surface area contributed by atoms with Crippen molar-refractivity contribution in [3.63, 3.8) is 0 Å². The van der Waals surface area contributed by atoms with Crippen LogP contribution in [0.4, 0.5) is 15.8 Å². The zero-order valence-electron chi connectivity index (χ0n) is 22.2. The Hall–Kier alpha value is -4.24. The van der Waals surface area contributed by atoms with Gasteiger partial charge in [0.2, 0.25) is 0 Å². The molecular weight excluding hydrogens is 473 g/mol. The molecule has 0 saturated carbocycles. The number of nitrogens with zero attached hydrogens (tertiary/aromatic N) is 2. The summed E-state index contributed by atoms with van der Waals surface area (Å²) in [7, 11) is 0. The van der Waals surface area contributed by atoms with Crippen molar-refractivity contribution in [1.82, 2.24) is 5.32 Å². The van der Waals surface area contributed by atoms with Crippen LogP contribution in [-0.2, 0) is 13.0 Å². The predicted octanol–water partition coefficient (Wildman–Crippen LogP) is 6.37. The summed E-state index contributed by atoms with van der Waals surface area (Å²) in [5, 5.41) is 16.2. The second kappa shape index (κ2) is 12.3. The first-order valence-electron chi connectivity index (χ1n) is 13.1. The van der Waals surface area contributed by atoms with E-state index < -0.39 is 0 Å². The Kier molecular flexibility index (Phi) is 8.70. The van der Waals surface area contributed by atoms with Crippen LogP contribution in [0.25, 0.3) is 0 Å². The fourth-order valence-corrected chi connectivity index (χ4v) is 4.87. The van der Waals surface area contributed by atoms with Crippen molar-refractivity contribution >= 4 is 11.4 Å². The monoisotopic (exact) mass is 509 g/mol. The molecule has 1 aliphatic rings. The number of nitriles is 1. The molecule has 0 aromatic heterocycles. The van der Waals surface area contributed by atoms with Crippen molar-refractivity contribution in [2.75, 3.05) is 23.3 Å². The summed E-state index contributed by atoms with van der Waals surface area (Å²) in [6.45, 7) is 10.4. The Labute approximate surface area is 225 Å². The minimum absolute atomic E-state index is 0.108. The van der Waals surface area contributed by atoms with Crippen LogP contribution >= 0.6 is 0 Å². The third-order valence-corrected chi connectivity index (χ3v) is 7.21. The van der Waals surface area contributed by atoms with Crippen LogP contribution in [-0.4, -0.2) is 13.1 Å². The van der Waals surface area contributed by atoms with Gasteiger partial charge in [0.05, 0.1) is 34.4 Å². The number of benzene rings is 3. The average molecular weight is 510 g/mol. The molecular formula is C32H36FN5. The van der Waals surface area contributed by atoms with Crippen molar-refractivity contribution in [2.24, 2.45) is 11.7 Å². The van der Waals surface area contributed by atoms with E-state index in [2.05, 4.69) is 40.3 Å². The van der Waals surface area contributed by atoms with E-state index in [9.17, 15) is 9.65 Å². The lowest BCUT2D eigenvalue weighted by atomic mass is 9.89. The molecule has 3 aromatic carbocycles. The second-order valence-corrected chi connectivity index (χ2v) is 10.1. The highest BCUT2D eigenvalue weighted by Crippen LogP contribution is 2.33. The van der Waals surface area contributed by atoms with Crippen molar-refractivity contribution in [2.45, 2.75) is 39.7 Å². The zero-order valence-corrected chi connectivity index (χ0v) is 22.2. The molecule has 4 rings (SSSR count). The maximum absolute atomic E-state index is 14.4.